The minimum Gasteiger partial charge on any atom is -0.497 e. The molecule has 100 valence electrons. The molecule has 0 amide bonds. The highest BCUT2D eigenvalue weighted by Crippen LogP contribution is 2.13. The topological polar surface area (TPSA) is 117 Å². The molecule has 0 fully saturated rings. The third-order valence-corrected chi connectivity index (χ3v) is 1.57. The second-order valence-corrected chi connectivity index (χ2v) is 2.77. The highest BCUT2D eigenvalue weighted by Gasteiger charge is 2.04. The first kappa shape index (κ1) is 15.7. The van der Waals surface area contributed by atoms with E-state index in [4.69, 9.17) is 24.5 Å². The second kappa shape index (κ2) is 8.79. The van der Waals surface area contributed by atoms with Gasteiger partial charge in [-0.25, -0.2) is 9.59 Å². The number of carboxylic acid groups (broad SMARTS) is 2. The van der Waals surface area contributed by atoms with E-state index in [2.05, 4.69) is 15.9 Å². The number of aliphatic carboxylic acids is 2. The maximum atomic E-state index is 9.10. The lowest BCUT2D eigenvalue weighted by Crippen LogP contribution is -2.19. The Morgan fingerprint density at radius 3 is 1.89 bits per heavy atom. The molecule has 0 saturated carbocycles. The Balaban J connectivity index is 0.000000411. The van der Waals surface area contributed by atoms with Crippen molar-refractivity contribution in [3.05, 3.63) is 24.3 Å². The van der Waals surface area contributed by atoms with E-state index in [1.807, 2.05) is 24.3 Å². The molecule has 0 spiro atoms. The maximum Gasteiger partial charge on any atom is 0.414 e. The Hall–Kier alpha value is -2.32. The zero-order chi connectivity index (χ0) is 14.0. The van der Waals surface area contributed by atoms with E-state index in [0.717, 1.165) is 11.4 Å². The molecule has 0 atom stereocenters. The van der Waals surface area contributed by atoms with Crippen LogP contribution in [-0.2, 0) is 14.4 Å². The van der Waals surface area contributed by atoms with Gasteiger partial charge in [0.05, 0.1) is 19.9 Å². The van der Waals surface area contributed by atoms with Crippen LogP contribution in [0.4, 0.5) is 5.69 Å². The fourth-order valence-corrected chi connectivity index (χ4v) is 0.784. The number of hydrogen-bond donors (Lipinski definition) is 4. The molecule has 0 aliphatic heterocycles. The van der Waals surface area contributed by atoms with Gasteiger partial charge in [0, 0.05) is 0 Å². The Morgan fingerprint density at radius 1 is 1.06 bits per heavy atom. The van der Waals surface area contributed by atoms with E-state index in [1.165, 1.54) is 7.11 Å². The molecule has 0 bridgehead atoms. The number of ether oxygens (including phenoxy) is 1. The van der Waals surface area contributed by atoms with Crippen molar-refractivity contribution in [2.24, 2.45) is 0 Å². The second-order valence-electron chi connectivity index (χ2n) is 2.77. The van der Waals surface area contributed by atoms with Crippen molar-refractivity contribution in [2.75, 3.05) is 19.6 Å². The van der Waals surface area contributed by atoms with Crippen LogP contribution in [0.3, 0.4) is 0 Å². The predicted octanol–water partition coefficient (Wildman–Crippen LogP) is 0.329. The van der Waals surface area contributed by atoms with Crippen molar-refractivity contribution in [3.63, 3.8) is 0 Å². The van der Waals surface area contributed by atoms with Gasteiger partial charge in [-0.3, -0.25) is 10.3 Å². The molecule has 18 heavy (non-hydrogen) atoms. The van der Waals surface area contributed by atoms with Crippen LogP contribution in [0.5, 0.6) is 5.75 Å². The monoisotopic (exact) mass is 258 g/mol. The number of rotatable bonds is 4. The Bertz CT molecular complexity index is 366. The highest BCUT2D eigenvalue weighted by atomic mass is 16.7. The molecule has 0 aliphatic rings. The minimum absolute atomic E-state index is 0.831. The molecule has 0 unspecified atom stereocenters. The van der Waals surface area contributed by atoms with Crippen LogP contribution >= 0.6 is 0 Å². The van der Waals surface area contributed by atoms with Gasteiger partial charge in [0.15, 0.2) is 0 Å². The van der Waals surface area contributed by atoms with Crippen LogP contribution in [0, 0.1) is 0 Å². The summed E-state index contributed by atoms with van der Waals surface area (Å²) in [4.78, 5) is 22.8. The number of carbonyl (C=O) groups is 2. The van der Waals surface area contributed by atoms with Crippen LogP contribution in [0.2, 0.25) is 0 Å². The number of benzene rings is 1. The van der Waals surface area contributed by atoms with Crippen LogP contribution in [-0.4, -0.2) is 36.4 Å². The SMILES string of the molecule is CONNc1ccc(OC)cc1.O=C(O)C(=O)O. The van der Waals surface area contributed by atoms with Crippen LogP contribution in [0.1, 0.15) is 0 Å². The van der Waals surface area contributed by atoms with Gasteiger partial charge < -0.3 is 14.9 Å². The molecule has 1 aromatic carbocycles. The quantitative estimate of drug-likeness (QED) is 0.451. The smallest absolute Gasteiger partial charge is 0.414 e. The van der Waals surface area contributed by atoms with Crippen LogP contribution in [0.15, 0.2) is 24.3 Å². The van der Waals surface area contributed by atoms with E-state index in [1.54, 1.807) is 7.11 Å². The number of anilines is 1. The summed E-state index contributed by atoms with van der Waals surface area (Å²) in [5, 5.41) is 14.8. The lowest BCUT2D eigenvalue weighted by molar-refractivity contribution is -0.159. The molecule has 1 aromatic rings. The first-order valence-corrected chi connectivity index (χ1v) is 4.65. The average Bonchev–Trinajstić information content (AvgIpc) is 2.37. The maximum absolute atomic E-state index is 9.10. The normalized spacial score (nSPS) is 8.78. The van der Waals surface area contributed by atoms with Gasteiger partial charge in [0.25, 0.3) is 0 Å². The molecular formula is C10H14N2O6. The molecule has 1 rings (SSSR count). The van der Waals surface area contributed by atoms with Gasteiger partial charge in [-0.15, -0.1) is 5.59 Å². The van der Waals surface area contributed by atoms with Gasteiger partial charge >= 0.3 is 11.9 Å². The van der Waals surface area contributed by atoms with Crippen molar-refractivity contribution in [1.29, 1.82) is 0 Å². The first-order valence-electron chi connectivity index (χ1n) is 4.65. The first-order chi connectivity index (χ1) is 8.51. The largest absolute Gasteiger partial charge is 0.497 e. The number of hydrazine groups is 1. The molecule has 4 N–H and O–H groups in total. The zero-order valence-corrected chi connectivity index (χ0v) is 9.84. The predicted molar refractivity (Wildman–Crippen MR) is 62.0 cm³/mol. The summed E-state index contributed by atoms with van der Waals surface area (Å²) in [6.45, 7) is 0. The fourth-order valence-electron chi connectivity index (χ4n) is 0.784. The van der Waals surface area contributed by atoms with Crippen LogP contribution < -0.4 is 15.8 Å². The summed E-state index contributed by atoms with van der Waals surface area (Å²) in [5.74, 6) is -2.82. The summed E-state index contributed by atoms with van der Waals surface area (Å²) >= 11 is 0. The molecule has 0 aromatic heterocycles. The fraction of sp³-hybridized carbons (Fsp3) is 0.200. The Labute approximate surface area is 103 Å². The number of hydrogen-bond acceptors (Lipinski definition) is 6. The van der Waals surface area contributed by atoms with E-state index < -0.39 is 11.9 Å². The van der Waals surface area contributed by atoms with Crippen molar-refractivity contribution in [3.8, 4) is 5.75 Å². The van der Waals surface area contributed by atoms with Crippen molar-refractivity contribution >= 4 is 17.6 Å². The van der Waals surface area contributed by atoms with E-state index in [-0.39, 0.29) is 0 Å². The molecule has 0 aliphatic carbocycles. The summed E-state index contributed by atoms with van der Waals surface area (Å²) in [6.07, 6.45) is 0. The third kappa shape index (κ3) is 7.04. The molecule has 0 saturated heterocycles. The Morgan fingerprint density at radius 2 is 1.56 bits per heavy atom. The average molecular weight is 258 g/mol. The van der Waals surface area contributed by atoms with Gasteiger partial charge in [0.1, 0.15) is 5.75 Å². The lowest BCUT2D eigenvalue weighted by Gasteiger charge is -2.05. The number of carboxylic acids is 2. The molecular weight excluding hydrogens is 244 g/mol. The van der Waals surface area contributed by atoms with Gasteiger partial charge in [-0.2, -0.15) is 0 Å². The van der Waals surface area contributed by atoms with Gasteiger partial charge in [0.2, 0.25) is 0 Å². The lowest BCUT2D eigenvalue weighted by atomic mass is 10.3. The Kier molecular flexibility index (Phi) is 7.66. The van der Waals surface area contributed by atoms with E-state index >= 15 is 0 Å². The zero-order valence-electron chi connectivity index (χ0n) is 9.84. The summed E-state index contributed by atoms with van der Waals surface area (Å²) in [7, 11) is 3.17. The van der Waals surface area contributed by atoms with E-state index in [0.29, 0.717) is 0 Å². The summed E-state index contributed by atoms with van der Waals surface area (Å²) in [5.41, 5.74) is 6.24. The standard InChI is InChI=1S/C8H12N2O2.C2H2O4/c1-11-8-5-3-7(4-6-8)9-10-12-2;3-1(4)2(5)6/h3-6,9-10H,1-2H3;(H,3,4)(H,5,6). The number of methoxy groups -OCH3 is 1. The summed E-state index contributed by atoms with van der Waals surface area (Å²) in [6, 6.07) is 7.48. The van der Waals surface area contributed by atoms with Crippen molar-refractivity contribution < 1.29 is 29.4 Å². The van der Waals surface area contributed by atoms with E-state index in [9.17, 15) is 0 Å². The van der Waals surface area contributed by atoms with Gasteiger partial charge in [-0.05, 0) is 24.3 Å². The van der Waals surface area contributed by atoms with Crippen molar-refractivity contribution in [1.82, 2.24) is 5.59 Å². The van der Waals surface area contributed by atoms with Crippen molar-refractivity contribution in [2.45, 2.75) is 0 Å². The summed E-state index contributed by atoms with van der Waals surface area (Å²) < 4.78 is 4.99. The van der Waals surface area contributed by atoms with Crippen LogP contribution in [0.25, 0.3) is 0 Å². The molecule has 0 heterocycles. The molecule has 8 heteroatoms. The third-order valence-electron chi connectivity index (χ3n) is 1.57. The highest BCUT2D eigenvalue weighted by molar-refractivity contribution is 6.27. The van der Waals surface area contributed by atoms with Gasteiger partial charge in [-0.1, -0.05) is 0 Å². The molecule has 0 radical (unpaired) electrons. The number of nitrogens with one attached hydrogen (secondary N) is 2. The minimum atomic E-state index is -1.82. The molecule has 8 nitrogen and oxygen atoms in total.